The van der Waals surface area contributed by atoms with Crippen molar-refractivity contribution < 1.29 is 4.79 Å². The number of likely N-dealkylation sites (tertiary alicyclic amines) is 1. The van der Waals surface area contributed by atoms with Crippen molar-refractivity contribution in [2.45, 2.75) is 38.1 Å². The highest BCUT2D eigenvalue weighted by Gasteiger charge is 2.38. The number of aryl methyl sites for hydroxylation is 1. The van der Waals surface area contributed by atoms with Crippen LogP contribution < -0.4 is 5.73 Å². The van der Waals surface area contributed by atoms with Crippen molar-refractivity contribution in [3.05, 3.63) is 35.9 Å². The molecule has 108 valence electrons. The maximum absolute atomic E-state index is 12.4. The SMILES string of the molecule is N[C@@H](CCc1ccccc1)C(=O)N1CC2CCCC2C1. The van der Waals surface area contributed by atoms with E-state index in [0.29, 0.717) is 0 Å². The van der Waals surface area contributed by atoms with Gasteiger partial charge >= 0.3 is 0 Å². The molecule has 0 radical (unpaired) electrons. The molecule has 20 heavy (non-hydrogen) atoms. The largest absolute Gasteiger partial charge is 0.341 e. The van der Waals surface area contributed by atoms with Crippen molar-refractivity contribution >= 4 is 5.91 Å². The standard InChI is InChI=1S/C17H24N2O/c18-16(10-9-13-5-2-1-3-6-13)17(20)19-11-14-7-4-8-15(14)12-19/h1-3,5-6,14-16H,4,7-12,18H2/t14?,15?,16-/m0/s1. The van der Waals surface area contributed by atoms with E-state index in [1.165, 1.54) is 24.8 Å². The number of fused-ring (bicyclic) bond motifs is 1. The lowest BCUT2D eigenvalue weighted by Crippen LogP contribution is -2.43. The van der Waals surface area contributed by atoms with E-state index in [4.69, 9.17) is 5.73 Å². The highest BCUT2D eigenvalue weighted by molar-refractivity contribution is 5.82. The van der Waals surface area contributed by atoms with Gasteiger partial charge in [0, 0.05) is 13.1 Å². The summed E-state index contributed by atoms with van der Waals surface area (Å²) in [5.74, 6) is 1.66. The van der Waals surface area contributed by atoms with E-state index in [-0.39, 0.29) is 11.9 Å². The molecule has 3 nitrogen and oxygen atoms in total. The molecular formula is C17H24N2O. The van der Waals surface area contributed by atoms with Crippen LogP contribution in [0, 0.1) is 11.8 Å². The van der Waals surface area contributed by atoms with Gasteiger partial charge in [-0.15, -0.1) is 0 Å². The van der Waals surface area contributed by atoms with Crippen molar-refractivity contribution in [1.29, 1.82) is 0 Å². The van der Waals surface area contributed by atoms with E-state index in [1.54, 1.807) is 0 Å². The van der Waals surface area contributed by atoms with Crippen molar-refractivity contribution in [3.63, 3.8) is 0 Å². The van der Waals surface area contributed by atoms with Crippen molar-refractivity contribution in [1.82, 2.24) is 4.90 Å². The summed E-state index contributed by atoms with van der Waals surface area (Å²) in [6.45, 7) is 1.89. The van der Waals surface area contributed by atoms with Gasteiger partial charge in [0.25, 0.3) is 0 Å². The smallest absolute Gasteiger partial charge is 0.239 e. The summed E-state index contributed by atoms with van der Waals surface area (Å²) in [4.78, 5) is 14.4. The van der Waals surface area contributed by atoms with Gasteiger partial charge in [0.15, 0.2) is 0 Å². The minimum absolute atomic E-state index is 0.162. The molecular weight excluding hydrogens is 248 g/mol. The molecule has 2 N–H and O–H groups in total. The average molecular weight is 272 g/mol. The van der Waals surface area contributed by atoms with Crippen LogP contribution in [0.25, 0.3) is 0 Å². The topological polar surface area (TPSA) is 46.3 Å². The monoisotopic (exact) mass is 272 g/mol. The average Bonchev–Trinajstić information content (AvgIpc) is 3.06. The molecule has 3 rings (SSSR count). The number of rotatable bonds is 4. The Labute approximate surface area is 121 Å². The van der Waals surface area contributed by atoms with Crippen LogP contribution in [0.2, 0.25) is 0 Å². The van der Waals surface area contributed by atoms with Crippen molar-refractivity contribution in [2.75, 3.05) is 13.1 Å². The minimum Gasteiger partial charge on any atom is -0.341 e. The van der Waals surface area contributed by atoms with Crippen LogP contribution in [0.4, 0.5) is 0 Å². The first kappa shape index (κ1) is 13.6. The third-order valence-electron chi connectivity index (χ3n) is 4.94. The third kappa shape index (κ3) is 2.88. The molecule has 1 heterocycles. The summed E-state index contributed by atoms with van der Waals surface area (Å²) in [6, 6.07) is 9.93. The summed E-state index contributed by atoms with van der Waals surface area (Å²) < 4.78 is 0. The molecule has 1 aromatic carbocycles. The fourth-order valence-corrected chi connectivity index (χ4v) is 3.74. The highest BCUT2D eigenvalue weighted by Crippen LogP contribution is 2.37. The van der Waals surface area contributed by atoms with Gasteiger partial charge in [0.05, 0.1) is 6.04 Å². The molecule has 0 bridgehead atoms. The minimum atomic E-state index is -0.339. The van der Waals surface area contributed by atoms with Gasteiger partial charge in [-0.3, -0.25) is 4.79 Å². The third-order valence-corrected chi connectivity index (χ3v) is 4.94. The number of nitrogens with two attached hydrogens (primary N) is 1. The molecule has 1 amide bonds. The lowest BCUT2D eigenvalue weighted by molar-refractivity contribution is -0.132. The summed E-state index contributed by atoms with van der Waals surface area (Å²) >= 11 is 0. The van der Waals surface area contributed by atoms with Crippen molar-refractivity contribution in [2.24, 2.45) is 17.6 Å². The zero-order chi connectivity index (χ0) is 13.9. The van der Waals surface area contributed by atoms with E-state index in [0.717, 1.165) is 37.8 Å². The molecule has 3 atom stereocenters. The molecule has 1 saturated heterocycles. The molecule has 1 aliphatic carbocycles. The number of benzene rings is 1. The maximum atomic E-state index is 12.4. The molecule has 2 aliphatic rings. The second-order valence-corrected chi connectivity index (χ2v) is 6.33. The van der Waals surface area contributed by atoms with Gasteiger partial charge in [-0.2, -0.15) is 0 Å². The van der Waals surface area contributed by atoms with Crippen LogP contribution in [-0.4, -0.2) is 29.9 Å². The lowest BCUT2D eigenvalue weighted by atomic mass is 10.0. The van der Waals surface area contributed by atoms with E-state index in [1.807, 2.05) is 23.1 Å². The molecule has 1 aliphatic heterocycles. The van der Waals surface area contributed by atoms with Crippen LogP contribution in [0.15, 0.2) is 30.3 Å². The first-order chi connectivity index (χ1) is 9.74. The first-order valence-corrected chi connectivity index (χ1v) is 7.82. The van der Waals surface area contributed by atoms with Crippen LogP contribution in [0.3, 0.4) is 0 Å². The molecule has 1 saturated carbocycles. The Kier molecular flexibility index (Phi) is 4.06. The Balaban J connectivity index is 1.50. The maximum Gasteiger partial charge on any atom is 0.239 e. The lowest BCUT2D eigenvalue weighted by Gasteiger charge is -2.21. The Hall–Kier alpha value is -1.35. The Morgan fingerprint density at radius 3 is 2.50 bits per heavy atom. The summed E-state index contributed by atoms with van der Waals surface area (Å²) in [5.41, 5.74) is 7.36. The number of hydrogen-bond acceptors (Lipinski definition) is 2. The molecule has 0 aromatic heterocycles. The number of hydrogen-bond donors (Lipinski definition) is 1. The second-order valence-electron chi connectivity index (χ2n) is 6.33. The number of amides is 1. The quantitative estimate of drug-likeness (QED) is 0.913. The van der Waals surface area contributed by atoms with Gasteiger partial charge in [0.2, 0.25) is 5.91 Å². The Bertz CT molecular complexity index is 447. The van der Waals surface area contributed by atoms with Crippen LogP contribution >= 0.6 is 0 Å². The molecule has 3 heteroatoms. The molecule has 1 aromatic rings. The molecule has 2 unspecified atom stereocenters. The highest BCUT2D eigenvalue weighted by atomic mass is 16.2. The zero-order valence-electron chi connectivity index (χ0n) is 12.0. The first-order valence-electron chi connectivity index (χ1n) is 7.82. The van der Waals surface area contributed by atoms with Crippen LogP contribution in [0.1, 0.15) is 31.2 Å². The Morgan fingerprint density at radius 1 is 1.20 bits per heavy atom. The summed E-state index contributed by atoms with van der Waals surface area (Å²) in [5, 5.41) is 0. The van der Waals surface area contributed by atoms with Gasteiger partial charge in [-0.05, 0) is 43.1 Å². The summed E-state index contributed by atoms with van der Waals surface area (Å²) in [7, 11) is 0. The van der Waals surface area contributed by atoms with E-state index in [2.05, 4.69) is 12.1 Å². The van der Waals surface area contributed by atoms with Crippen molar-refractivity contribution in [3.8, 4) is 0 Å². The van der Waals surface area contributed by atoms with E-state index < -0.39 is 0 Å². The Morgan fingerprint density at radius 2 is 1.85 bits per heavy atom. The van der Waals surface area contributed by atoms with E-state index >= 15 is 0 Å². The van der Waals surface area contributed by atoms with E-state index in [9.17, 15) is 4.79 Å². The van der Waals surface area contributed by atoms with Gasteiger partial charge in [0.1, 0.15) is 0 Å². The number of carbonyl (C=O) groups excluding carboxylic acids is 1. The normalized spacial score (nSPS) is 26.6. The second kappa shape index (κ2) is 5.96. The van der Waals surface area contributed by atoms with Gasteiger partial charge in [-0.25, -0.2) is 0 Å². The number of nitrogens with zero attached hydrogens (tertiary/aromatic N) is 1. The fraction of sp³-hybridized carbons (Fsp3) is 0.588. The zero-order valence-corrected chi connectivity index (χ0v) is 12.0. The molecule has 0 spiro atoms. The molecule has 2 fully saturated rings. The number of carbonyl (C=O) groups is 1. The predicted octanol–water partition coefficient (Wildman–Crippen LogP) is 2.21. The van der Waals surface area contributed by atoms with Crippen LogP contribution in [-0.2, 0) is 11.2 Å². The van der Waals surface area contributed by atoms with Gasteiger partial charge in [-0.1, -0.05) is 36.8 Å². The van der Waals surface area contributed by atoms with Crippen LogP contribution in [0.5, 0.6) is 0 Å². The predicted molar refractivity (Wildman–Crippen MR) is 80.1 cm³/mol. The van der Waals surface area contributed by atoms with Gasteiger partial charge < -0.3 is 10.6 Å². The summed E-state index contributed by atoms with van der Waals surface area (Å²) in [6.07, 6.45) is 5.57. The fourth-order valence-electron chi connectivity index (χ4n) is 3.74.